The normalized spacial score (nSPS) is 22.4. The molecule has 1 saturated carbocycles. The Morgan fingerprint density at radius 3 is 2.48 bits per heavy atom. The average molecular weight is 346 g/mol. The number of hydrogen-bond acceptors (Lipinski definition) is 2. The molecule has 1 aliphatic carbocycles. The first-order valence-corrected chi connectivity index (χ1v) is 8.22. The lowest BCUT2D eigenvalue weighted by Gasteiger charge is -2.38. The van der Waals surface area contributed by atoms with Gasteiger partial charge in [-0.05, 0) is 43.4 Å². The van der Waals surface area contributed by atoms with Crippen molar-refractivity contribution in [2.45, 2.75) is 37.8 Å². The molecule has 0 spiro atoms. The lowest BCUT2D eigenvalue weighted by molar-refractivity contribution is 0.199. The van der Waals surface area contributed by atoms with E-state index in [0.29, 0.717) is 12.0 Å². The van der Waals surface area contributed by atoms with Crippen LogP contribution < -0.4 is 5.32 Å². The molecule has 0 amide bonds. The minimum absolute atomic E-state index is 0.437. The highest BCUT2D eigenvalue weighted by Crippen LogP contribution is 2.41. The zero-order valence-electron chi connectivity index (χ0n) is 12.1. The first kappa shape index (κ1) is 14.6. The zero-order chi connectivity index (χ0) is 14.8. The Bertz CT molecular complexity index is 620. The number of aliphatic hydroxyl groups is 1. The highest BCUT2D eigenvalue weighted by molar-refractivity contribution is 9.10. The number of benzene rings is 2. The maximum Gasteiger partial charge on any atom is 0.0781 e. The van der Waals surface area contributed by atoms with Gasteiger partial charge in [-0.1, -0.05) is 52.3 Å². The highest BCUT2D eigenvalue weighted by atomic mass is 79.9. The molecule has 110 valence electrons. The van der Waals surface area contributed by atoms with Crippen molar-refractivity contribution in [1.82, 2.24) is 0 Å². The van der Waals surface area contributed by atoms with Crippen molar-refractivity contribution in [2.24, 2.45) is 0 Å². The van der Waals surface area contributed by atoms with Gasteiger partial charge in [0.25, 0.3) is 0 Å². The minimum atomic E-state index is -0.437. The van der Waals surface area contributed by atoms with Gasteiger partial charge in [0.15, 0.2) is 0 Å². The molecular weight excluding hydrogens is 326 g/mol. The molecule has 1 unspecified atom stereocenters. The molecule has 3 rings (SSSR count). The molecule has 2 N–H and O–H groups in total. The number of aliphatic hydroxyl groups excluding tert-OH is 1. The van der Waals surface area contributed by atoms with Crippen LogP contribution in [0.3, 0.4) is 0 Å². The van der Waals surface area contributed by atoms with E-state index in [-0.39, 0.29) is 0 Å². The van der Waals surface area contributed by atoms with Crippen LogP contribution in [0.2, 0.25) is 0 Å². The molecule has 1 fully saturated rings. The van der Waals surface area contributed by atoms with Gasteiger partial charge in [0, 0.05) is 21.8 Å². The summed E-state index contributed by atoms with van der Waals surface area (Å²) < 4.78 is 1.21. The van der Waals surface area contributed by atoms with Gasteiger partial charge in [-0.3, -0.25) is 0 Å². The number of para-hydroxylation sites is 1. The van der Waals surface area contributed by atoms with Gasteiger partial charge in [0.05, 0.1) is 6.10 Å². The van der Waals surface area contributed by atoms with Crippen LogP contribution in [0.15, 0.2) is 53.0 Å². The van der Waals surface area contributed by atoms with E-state index in [9.17, 15) is 5.11 Å². The monoisotopic (exact) mass is 345 g/mol. The van der Waals surface area contributed by atoms with Crippen molar-refractivity contribution < 1.29 is 5.11 Å². The Balaban J connectivity index is 1.64. The summed E-state index contributed by atoms with van der Waals surface area (Å²) >= 11 is 3.64. The largest absolute Gasteiger partial charge is 0.389 e. The Labute approximate surface area is 134 Å². The lowest BCUT2D eigenvalue weighted by atomic mass is 9.75. The van der Waals surface area contributed by atoms with Gasteiger partial charge >= 0.3 is 0 Å². The van der Waals surface area contributed by atoms with Crippen molar-refractivity contribution >= 4 is 21.6 Å². The summed E-state index contributed by atoms with van der Waals surface area (Å²) in [7, 11) is 0. The smallest absolute Gasteiger partial charge is 0.0781 e. The minimum Gasteiger partial charge on any atom is -0.389 e. The van der Waals surface area contributed by atoms with E-state index in [0.717, 1.165) is 24.1 Å². The topological polar surface area (TPSA) is 32.3 Å². The summed E-state index contributed by atoms with van der Waals surface area (Å²) in [5, 5.41) is 13.4. The molecule has 2 aromatic carbocycles. The van der Waals surface area contributed by atoms with E-state index >= 15 is 0 Å². The maximum atomic E-state index is 9.83. The summed E-state index contributed by atoms with van der Waals surface area (Å²) in [5.74, 6) is 0.622. The SMILES string of the molecule is CC(O)c1ccccc1NC1CC(c2ccccc2Br)C1. The van der Waals surface area contributed by atoms with Crippen molar-refractivity contribution in [1.29, 1.82) is 0 Å². The predicted molar refractivity (Wildman–Crippen MR) is 90.6 cm³/mol. The third kappa shape index (κ3) is 3.14. The number of halogens is 1. The van der Waals surface area contributed by atoms with Crippen molar-refractivity contribution in [3.63, 3.8) is 0 Å². The van der Waals surface area contributed by atoms with Crippen LogP contribution >= 0.6 is 15.9 Å². The van der Waals surface area contributed by atoms with Crippen LogP contribution in [0.1, 0.15) is 42.9 Å². The maximum absolute atomic E-state index is 9.83. The lowest BCUT2D eigenvalue weighted by Crippen LogP contribution is -2.34. The van der Waals surface area contributed by atoms with Gasteiger partial charge in [-0.2, -0.15) is 0 Å². The van der Waals surface area contributed by atoms with Crippen LogP contribution in [0.4, 0.5) is 5.69 Å². The molecule has 1 atom stereocenters. The molecule has 0 radical (unpaired) electrons. The molecule has 1 aliphatic rings. The summed E-state index contributed by atoms with van der Waals surface area (Å²) in [6.45, 7) is 1.81. The molecule has 0 aromatic heterocycles. The molecule has 0 bridgehead atoms. The van der Waals surface area contributed by atoms with Crippen LogP contribution in [-0.2, 0) is 0 Å². The van der Waals surface area contributed by atoms with Gasteiger partial charge < -0.3 is 10.4 Å². The molecule has 2 aromatic rings. The fraction of sp³-hybridized carbons (Fsp3) is 0.333. The molecule has 21 heavy (non-hydrogen) atoms. The number of rotatable bonds is 4. The van der Waals surface area contributed by atoms with E-state index < -0.39 is 6.10 Å². The number of hydrogen-bond donors (Lipinski definition) is 2. The Hall–Kier alpha value is -1.32. The molecule has 0 saturated heterocycles. The third-order valence-corrected chi connectivity index (χ3v) is 4.98. The molecule has 2 nitrogen and oxygen atoms in total. The molecular formula is C18H20BrNO. The number of anilines is 1. The average Bonchev–Trinajstić information content (AvgIpc) is 2.44. The summed E-state index contributed by atoms with van der Waals surface area (Å²) in [6.07, 6.45) is 1.83. The second-order valence-electron chi connectivity index (χ2n) is 5.79. The van der Waals surface area contributed by atoms with Crippen LogP contribution in [0.25, 0.3) is 0 Å². The van der Waals surface area contributed by atoms with Crippen molar-refractivity contribution in [3.05, 3.63) is 64.1 Å². The third-order valence-electron chi connectivity index (χ3n) is 4.25. The van der Waals surface area contributed by atoms with Crippen LogP contribution in [0.5, 0.6) is 0 Å². The fourth-order valence-electron chi connectivity index (χ4n) is 3.01. The van der Waals surface area contributed by atoms with Crippen LogP contribution in [0, 0.1) is 0 Å². The standard InChI is InChI=1S/C18H20BrNO/c1-12(21)15-6-3-5-9-18(15)20-14-10-13(11-14)16-7-2-4-8-17(16)19/h2-9,12-14,20-21H,10-11H2,1H3. The Kier molecular flexibility index (Phi) is 4.32. The summed E-state index contributed by atoms with van der Waals surface area (Å²) in [6, 6.07) is 17.0. The summed E-state index contributed by atoms with van der Waals surface area (Å²) in [4.78, 5) is 0. The molecule has 0 aliphatic heterocycles. The first-order chi connectivity index (χ1) is 10.1. The first-order valence-electron chi connectivity index (χ1n) is 7.43. The second-order valence-corrected chi connectivity index (χ2v) is 6.65. The number of nitrogens with one attached hydrogen (secondary N) is 1. The second kappa shape index (κ2) is 6.20. The van der Waals surface area contributed by atoms with Crippen LogP contribution in [-0.4, -0.2) is 11.1 Å². The van der Waals surface area contributed by atoms with Gasteiger partial charge in [0.1, 0.15) is 0 Å². The highest BCUT2D eigenvalue weighted by Gasteiger charge is 2.31. The molecule has 3 heteroatoms. The quantitative estimate of drug-likeness (QED) is 0.829. The van der Waals surface area contributed by atoms with E-state index in [2.05, 4.69) is 45.5 Å². The van der Waals surface area contributed by atoms with Gasteiger partial charge in [-0.15, -0.1) is 0 Å². The fourth-order valence-corrected chi connectivity index (χ4v) is 3.62. The molecule has 0 heterocycles. The van der Waals surface area contributed by atoms with E-state index in [1.54, 1.807) is 0 Å². The Morgan fingerprint density at radius 1 is 1.10 bits per heavy atom. The van der Waals surface area contributed by atoms with E-state index in [1.807, 2.05) is 31.2 Å². The van der Waals surface area contributed by atoms with E-state index in [1.165, 1.54) is 10.0 Å². The van der Waals surface area contributed by atoms with Gasteiger partial charge in [-0.25, -0.2) is 0 Å². The predicted octanol–water partition coefficient (Wildman–Crippen LogP) is 4.86. The zero-order valence-corrected chi connectivity index (χ0v) is 13.7. The van der Waals surface area contributed by atoms with Crippen molar-refractivity contribution in [2.75, 3.05) is 5.32 Å². The van der Waals surface area contributed by atoms with E-state index in [4.69, 9.17) is 0 Å². The Morgan fingerprint density at radius 2 is 1.76 bits per heavy atom. The van der Waals surface area contributed by atoms with Crippen molar-refractivity contribution in [3.8, 4) is 0 Å². The van der Waals surface area contributed by atoms with Gasteiger partial charge in [0.2, 0.25) is 0 Å². The summed E-state index contributed by atoms with van der Waals surface area (Å²) in [5.41, 5.74) is 3.43.